The smallest absolute Gasteiger partial charge is 0.319 e. The summed E-state index contributed by atoms with van der Waals surface area (Å²) < 4.78 is 22.7. The third-order valence-electron chi connectivity index (χ3n) is 8.48. The lowest BCUT2D eigenvalue weighted by Gasteiger charge is -2.33. The van der Waals surface area contributed by atoms with Crippen molar-refractivity contribution in [1.82, 2.24) is 15.0 Å². The van der Waals surface area contributed by atoms with Crippen LogP contribution >= 0.6 is 0 Å². The molecular weight excluding hydrogens is 467 g/mol. The molecule has 2 aromatic carbocycles. The molecule has 7 heteroatoms. The maximum atomic E-state index is 16.4. The molecule has 37 heavy (non-hydrogen) atoms. The van der Waals surface area contributed by atoms with Gasteiger partial charge in [0.2, 0.25) is 0 Å². The molecule has 4 aromatic rings. The van der Waals surface area contributed by atoms with Gasteiger partial charge in [-0.25, -0.2) is 4.39 Å². The number of piperidine rings is 1. The number of aromatic hydroxyl groups is 1. The Labute approximate surface area is 215 Å². The minimum atomic E-state index is -0.509. The lowest BCUT2D eigenvalue weighted by Crippen LogP contribution is -2.37. The van der Waals surface area contributed by atoms with Crippen molar-refractivity contribution in [3.63, 3.8) is 0 Å². The second-order valence-corrected chi connectivity index (χ2v) is 11.1. The number of phenols is 1. The van der Waals surface area contributed by atoms with Crippen molar-refractivity contribution < 1.29 is 14.2 Å². The fourth-order valence-corrected chi connectivity index (χ4v) is 6.71. The standard InChI is InChI=1S/C30H31FN4O2/c31-26-27(24-14-21(36)13-20-6-4-5-9-23(20)24)32-15-25-28(26)33-30(37-22-7-2-1-3-8-22)34-29(25)35-16-18-10-11-19(12-18)17-35/h4-6,9,13-15,18-19,22,36H,1-3,7-8,10-12,16-17H2. The zero-order valence-corrected chi connectivity index (χ0v) is 20.9. The Morgan fingerprint density at radius 3 is 2.51 bits per heavy atom. The minimum absolute atomic E-state index is 0.0657. The van der Waals surface area contributed by atoms with Crippen LogP contribution in [0, 0.1) is 17.7 Å². The molecule has 2 unspecified atom stereocenters. The molecule has 0 radical (unpaired) electrons. The molecule has 2 bridgehead atoms. The van der Waals surface area contributed by atoms with E-state index in [9.17, 15) is 5.11 Å². The van der Waals surface area contributed by atoms with Crippen LogP contribution in [-0.2, 0) is 0 Å². The summed E-state index contributed by atoms with van der Waals surface area (Å²) in [5.41, 5.74) is 0.943. The average Bonchev–Trinajstić information content (AvgIpc) is 3.26. The van der Waals surface area contributed by atoms with Gasteiger partial charge in [0.25, 0.3) is 0 Å². The van der Waals surface area contributed by atoms with E-state index in [0.717, 1.165) is 55.4 Å². The number of nitrogens with zero attached hydrogens (tertiary/aromatic N) is 4. The van der Waals surface area contributed by atoms with Crippen molar-refractivity contribution in [2.75, 3.05) is 18.0 Å². The van der Waals surface area contributed by atoms with Crippen LogP contribution in [0.4, 0.5) is 10.2 Å². The van der Waals surface area contributed by atoms with Crippen LogP contribution in [0.5, 0.6) is 11.8 Å². The first kappa shape index (κ1) is 22.7. The fourth-order valence-electron chi connectivity index (χ4n) is 6.71. The van der Waals surface area contributed by atoms with E-state index < -0.39 is 5.82 Å². The first-order valence-corrected chi connectivity index (χ1v) is 13.6. The van der Waals surface area contributed by atoms with Gasteiger partial charge in [-0.2, -0.15) is 9.97 Å². The molecule has 1 N–H and O–H groups in total. The van der Waals surface area contributed by atoms with E-state index in [4.69, 9.17) is 9.72 Å². The number of hydrogen-bond acceptors (Lipinski definition) is 6. The van der Waals surface area contributed by atoms with Crippen LogP contribution in [0.15, 0.2) is 42.6 Å². The largest absolute Gasteiger partial charge is 0.508 e. The molecule has 1 aliphatic heterocycles. The zero-order chi connectivity index (χ0) is 24.9. The van der Waals surface area contributed by atoms with Crippen molar-refractivity contribution >= 4 is 27.5 Å². The van der Waals surface area contributed by atoms with E-state index in [0.29, 0.717) is 22.8 Å². The van der Waals surface area contributed by atoms with E-state index >= 15 is 4.39 Å². The van der Waals surface area contributed by atoms with Crippen molar-refractivity contribution in [1.29, 1.82) is 0 Å². The Morgan fingerprint density at radius 1 is 0.919 bits per heavy atom. The van der Waals surface area contributed by atoms with Gasteiger partial charge in [0, 0.05) is 24.8 Å². The van der Waals surface area contributed by atoms with Crippen molar-refractivity contribution in [2.24, 2.45) is 11.8 Å². The lowest BCUT2D eigenvalue weighted by molar-refractivity contribution is 0.142. The Morgan fingerprint density at radius 2 is 1.70 bits per heavy atom. The Hall–Kier alpha value is -3.48. The van der Waals surface area contributed by atoms with Crippen LogP contribution in [-0.4, -0.2) is 39.3 Å². The number of fused-ring (bicyclic) bond motifs is 4. The Bertz CT molecular complexity index is 1470. The average molecular weight is 499 g/mol. The number of anilines is 1. The lowest BCUT2D eigenvalue weighted by atomic mass is 9.98. The molecule has 3 aliphatic rings. The SMILES string of the molecule is Oc1cc(-c2ncc3c(N4CC5CCC(C5)C4)nc(OC4CCCCC4)nc3c2F)c2ccccc2c1. The van der Waals surface area contributed by atoms with Crippen molar-refractivity contribution in [3.8, 4) is 23.0 Å². The van der Waals surface area contributed by atoms with Crippen LogP contribution in [0.1, 0.15) is 51.4 Å². The number of aromatic nitrogens is 3. The minimum Gasteiger partial charge on any atom is -0.508 e. The van der Waals surface area contributed by atoms with Crippen LogP contribution in [0.3, 0.4) is 0 Å². The summed E-state index contributed by atoms with van der Waals surface area (Å²) in [7, 11) is 0. The molecule has 2 atom stereocenters. The summed E-state index contributed by atoms with van der Waals surface area (Å²) in [5, 5.41) is 12.6. The van der Waals surface area contributed by atoms with Gasteiger partial charge in [-0.3, -0.25) is 4.98 Å². The van der Waals surface area contributed by atoms with Crippen molar-refractivity contribution in [3.05, 3.63) is 48.4 Å². The van der Waals surface area contributed by atoms with Gasteiger partial charge in [-0.1, -0.05) is 30.7 Å². The van der Waals surface area contributed by atoms with Crippen molar-refractivity contribution in [2.45, 2.75) is 57.5 Å². The number of ether oxygens (including phenoxy) is 1. The van der Waals surface area contributed by atoms with Gasteiger partial charge < -0.3 is 14.7 Å². The summed E-state index contributed by atoms with van der Waals surface area (Å²) in [5.74, 6) is 1.60. The van der Waals surface area contributed by atoms with E-state index in [2.05, 4.69) is 14.9 Å². The highest BCUT2D eigenvalue weighted by molar-refractivity contribution is 5.99. The Kier molecular flexibility index (Phi) is 5.59. The molecule has 0 spiro atoms. The maximum absolute atomic E-state index is 16.4. The third-order valence-corrected chi connectivity index (χ3v) is 8.48. The molecule has 190 valence electrons. The summed E-state index contributed by atoms with van der Waals surface area (Å²) in [6.07, 6.45) is 11.0. The summed E-state index contributed by atoms with van der Waals surface area (Å²) in [4.78, 5) is 16.4. The number of phenolic OH excluding ortho intramolecular Hbond substituents is 1. The second-order valence-electron chi connectivity index (χ2n) is 11.1. The number of hydrogen-bond donors (Lipinski definition) is 1. The molecule has 2 aliphatic carbocycles. The van der Waals surface area contributed by atoms with E-state index in [1.54, 1.807) is 18.3 Å². The summed E-state index contributed by atoms with van der Waals surface area (Å²) in [6, 6.07) is 11.1. The first-order valence-electron chi connectivity index (χ1n) is 13.6. The van der Waals surface area contributed by atoms with Gasteiger partial charge in [0.1, 0.15) is 28.9 Å². The molecule has 0 amide bonds. The molecule has 1 saturated heterocycles. The van der Waals surface area contributed by atoms with Gasteiger partial charge in [0.05, 0.1) is 5.39 Å². The van der Waals surface area contributed by atoms with Crippen LogP contribution in [0.25, 0.3) is 32.9 Å². The quantitative estimate of drug-likeness (QED) is 0.340. The summed E-state index contributed by atoms with van der Waals surface area (Å²) >= 11 is 0. The predicted octanol–water partition coefficient (Wildman–Crippen LogP) is 6.64. The van der Waals surface area contributed by atoms with Gasteiger partial charge in [-0.15, -0.1) is 0 Å². The van der Waals surface area contributed by atoms with E-state index in [-0.39, 0.29) is 29.1 Å². The van der Waals surface area contributed by atoms with E-state index in [1.165, 1.54) is 25.7 Å². The highest BCUT2D eigenvalue weighted by Gasteiger charge is 2.35. The summed E-state index contributed by atoms with van der Waals surface area (Å²) in [6.45, 7) is 1.85. The Balaban J connectivity index is 1.39. The molecule has 3 fully saturated rings. The monoisotopic (exact) mass is 498 g/mol. The number of halogens is 1. The molecule has 3 heterocycles. The fraction of sp³-hybridized carbons (Fsp3) is 0.433. The highest BCUT2D eigenvalue weighted by atomic mass is 19.1. The van der Waals surface area contributed by atoms with Gasteiger partial charge >= 0.3 is 6.01 Å². The topological polar surface area (TPSA) is 71.4 Å². The normalized spacial score (nSPS) is 22.1. The molecule has 2 aromatic heterocycles. The zero-order valence-electron chi connectivity index (χ0n) is 20.9. The maximum Gasteiger partial charge on any atom is 0.319 e. The highest BCUT2D eigenvalue weighted by Crippen LogP contribution is 2.41. The van der Waals surface area contributed by atoms with Crippen LogP contribution < -0.4 is 9.64 Å². The first-order chi connectivity index (χ1) is 18.1. The number of rotatable bonds is 4. The molecule has 7 rings (SSSR count). The number of benzene rings is 2. The second kappa shape index (κ2) is 9.12. The molecule has 2 saturated carbocycles. The predicted molar refractivity (Wildman–Crippen MR) is 142 cm³/mol. The van der Waals surface area contributed by atoms with Gasteiger partial charge in [0.15, 0.2) is 5.82 Å². The number of pyridine rings is 1. The molecule has 6 nitrogen and oxygen atoms in total. The van der Waals surface area contributed by atoms with E-state index in [1.807, 2.05) is 24.3 Å². The van der Waals surface area contributed by atoms with Crippen LogP contribution in [0.2, 0.25) is 0 Å². The third kappa shape index (κ3) is 4.14. The molecular formula is C30H31FN4O2. The van der Waals surface area contributed by atoms with Gasteiger partial charge in [-0.05, 0) is 79.7 Å².